The molecule has 182 valence electrons. The van der Waals surface area contributed by atoms with Crippen molar-refractivity contribution in [3.05, 3.63) is 65.2 Å². The van der Waals surface area contributed by atoms with Gasteiger partial charge in [-0.3, -0.25) is 0 Å². The summed E-state index contributed by atoms with van der Waals surface area (Å²) in [6.07, 6.45) is 5.33. The van der Waals surface area contributed by atoms with E-state index in [4.69, 9.17) is 14.7 Å². The van der Waals surface area contributed by atoms with Gasteiger partial charge in [-0.2, -0.15) is 0 Å². The highest BCUT2D eigenvalue weighted by molar-refractivity contribution is 6.12. The van der Waals surface area contributed by atoms with Crippen LogP contribution in [-0.2, 0) is 11.2 Å². The van der Waals surface area contributed by atoms with Crippen LogP contribution in [0.25, 0.3) is 21.9 Å². The molecule has 2 aromatic carbocycles. The quantitative estimate of drug-likeness (QED) is 0.278. The second-order valence-corrected chi connectivity index (χ2v) is 9.08. The highest BCUT2D eigenvalue weighted by Gasteiger charge is 2.17. The summed E-state index contributed by atoms with van der Waals surface area (Å²) in [5.41, 5.74) is 2.75. The number of esters is 1. The molecule has 0 radical (unpaired) electrons. The van der Waals surface area contributed by atoms with E-state index in [0.29, 0.717) is 23.5 Å². The van der Waals surface area contributed by atoms with Crippen LogP contribution in [0.4, 0.5) is 10.2 Å². The van der Waals surface area contributed by atoms with Crippen molar-refractivity contribution in [2.75, 3.05) is 38.6 Å². The Labute approximate surface area is 203 Å². The maximum atomic E-state index is 13.7. The van der Waals surface area contributed by atoms with Gasteiger partial charge in [0, 0.05) is 23.9 Å². The second-order valence-electron chi connectivity index (χ2n) is 9.08. The van der Waals surface area contributed by atoms with Crippen molar-refractivity contribution in [1.82, 2.24) is 19.9 Å². The van der Waals surface area contributed by atoms with Gasteiger partial charge in [0.2, 0.25) is 0 Å². The summed E-state index contributed by atoms with van der Waals surface area (Å²) in [6, 6.07) is 11.9. The number of anilines is 1. The molecule has 1 aliphatic rings. The number of ether oxygens (including phenoxy) is 1. The Hall–Kier alpha value is -3.52. The average Bonchev–Trinajstić information content (AvgIpc) is 3.24. The minimum absolute atomic E-state index is 0.277. The zero-order valence-electron chi connectivity index (χ0n) is 19.9. The number of nitrogens with one attached hydrogen (secondary N) is 2. The summed E-state index contributed by atoms with van der Waals surface area (Å²) in [5.74, 6) is 0.679. The number of benzene rings is 2. The maximum absolute atomic E-state index is 13.7. The van der Waals surface area contributed by atoms with Crippen LogP contribution in [0.15, 0.2) is 42.5 Å². The van der Waals surface area contributed by atoms with Gasteiger partial charge >= 0.3 is 5.97 Å². The molecule has 0 atom stereocenters. The molecule has 0 unspecified atom stereocenters. The number of rotatable bonds is 8. The number of piperidine rings is 1. The molecule has 2 N–H and O–H groups in total. The lowest BCUT2D eigenvalue weighted by Gasteiger charge is -2.26. The molecule has 2 aromatic heterocycles. The topological polar surface area (TPSA) is 83.1 Å². The van der Waals surface area contributed by atoms with Gasteiger partial charge in [0.15, 0.2) is 0 Å². The lowest BCUT2D eigenvalue weighted by molar-refractivity contribution is 0.0601. The van der Waals surface area contributed by atoms with Gasteiger partial charge in [-0.05, 0) is 68.7 Å². The molecule has 35 heavy (non-hydrogen) atoms. The third kappa shape index (κ3) is 5.27. The van der Waals surface area contributed by atoms with Crippen LogP contribution >= 0.6 is 0 Å². The van der Waals surface area contributed by atoms with Crippen LogP contribution in [0.2, 0.25) is 0 Å². The van der Waals surface area contributed by atoms with Gasteiger partial charge in [0.1, 0.15) is 23.1 Å². The van der Waals surface area contributed by atoms with Crippen molar-refractivity contribution in [3.63, 3.8) is 0 Å². The number of fused-ring (bicyclic) bond motifs is 3. The summed E-state index contributed by atoms with van der Waals surface area (Å²) in [5, 5.41) is 5.35. The molecule has 0 saturated carbocycles. The van der Waals surface area contributed by atoms with Crippen molar-refractivity contribution in [3.8, 4) is 0 Å². The Bertz CT molecular complexity index is 1350. The smallest absolute Gasteiger partial charge is 0.337 e. The first-order chi connectivity index (χ1) is 17.1. The first kappa shape index (κ1) is 23.2. The number of carbonyl (C=O) groups is 1. The van der Waals surface area contributed by atoms with E-state index < -0.39 is 0 Å². The zero-order valence-corrected chi connectivity index (χ0v) is 19.9. The van der Waals surface area contributed by atoms with Crippen molar-refractivity contribution >= 4 is 33.7 Å². The Morgan fingerprint density at radius 2 is 2.00 bits per heavy atom. The Morgan fingerprint density at radius 1 is 1.14 bits per heavy atom. The van der Waals surface area contributed by atoms with Crippen LogP contribution in [0, 0.1) is 5.82 Å². The van der Waals surface area contributed by atoms with E-state index in [2.05, 4.69) is 15.2 Å². The van der Waals surface area contributed by atoms with E-state index in [9.17, 15) is 9.18 Å². The molecule has 1 aliphatic heterocycles. The predicted octanol–water partition coefficient (Wildman–Crippen LogP) is 4.92. The molecular weight excluding hydrogens is 445 g/mol. The minimum Gasteiger partial charge on any atom is -0.465 e. The highest BCUT2D eigenvalue weighted by atomic mass is 19.1. The maximum Gasteiger partial charge on any atom is 0.337 e. The molecule has 1 fully saturated rings. The molecule has 0 aliphatic carbocycles. The molecule has 5 rings (SSSR count). The number of carbonyl (C=O) groups excluding carboxylic acids is 1. The lowest BCUT2D eigenvalue weighted by atomic mass is 10.1. The predicted molar refractivity (Wildman–Crippen MR) is 135 cm³/mol. The molecule has 0 spiro atoms. The number of H-pyrrole nitrogens is 1. The Morgan fingerprint density at radius 3 is 2.80 bits per heavy atom. The number of likely N-dealkylation sites (tertiary alicyclic amines) is 1. The molecule has 4 aromatic rings. The molecule has 0 bridgehead atoms. The minimum atomic E-state index is -0.389. The fourth-order valence-electron chi connectivity index (χ4n) is 4.82. The van der Waals surface area contributed by atoms with E-state index >= 15 is 0 Å². The van der Waals surface area contributed by atoms with E-state index in [1.165, 1.54) is 51.6 Å². The van der Waals surface area contributed by atoms with E-state index in [1.54, 1.807) is 18.2 Å². The number of methoxy groups -OCH3 is 1. The van der Waals surface area contributed by atoms with Crippen LogP contribution in [-0.4, -0.2) is 59.1 Å². The summed E-state index contributed by atoms with van der Waals surface area (Å²) in [6.45, 7) is 4.21. The van der Waals surface area contributed by atoms with Crippen LogP contribution in [0.1, 0.15) is 47.4 Å². The highest BCUT2D eigenvalue weighted by Crippen LogP contribution is 2.31. The molecule has 1 saturated heterocycles. The standard InChI is InChI=1S/C27H30FN5O2/c1-35-27(34)19-9-10-21-22(17-19)30-26-24(21)25(29-11-6-14-33-12-3-2-4-13-33)31-23(32-26)16-18-7-5-8-20(28)15-18/h5,7-10,15,17H,2-4,6,11-14,16H2,1H3,(H2,29,30,31,32). The van der Waals surface area contributed by atoms with E-state index in [1.807, 2.05) is 12.1 Å². The summed E-state index contributed by atoms with van der Waals surface area (Å²) in [7, 11) is 1.37. The number of hydrogen-bond donors (Lipinski definition) is 2. The van der Waals surface area contributed by atoms with Gasteiger partial charge in [-0.1, -0.05) is 24.6 Å². The van der Waals surface area contributed by atoms with Crippen molar-refractivity contribution < 1.29 is 13.9 Å². The number of hydrogen-bond acceptors (Lipinski definition) is 6. The third-order valence-electron chi connectivity index (χ3n) is 6.56. The fraction of sp³-hybridized carbons (Fsp3) is 0.370. The van der Waals surface area contributed by atoms with E-state index in [0.717, 1.165) is 47.2 Å². The number of aromatic amines is 1. The fourth-order valence-corrected chi connectivity index (χ4v) is 4.82. The second kappa shape index (κ2) is 10.4. The number of aromatic nitrogens is 3. The van der Waals surface area contributed by atoms with Crippen molar-refractivity contribution in [1.29, 1.82) is 0 Å². The first-order valence-corrected chi connectivity index (χ1v) is 12.2. The number of halogens is 1. The van der Waals surface area contributed by atoms with Gasteiger partial charge in [0.05, 0.1) is 18.1 Å². The summed E-state index contributed by atoms with van der Waals surface area (Å²) in [4.78, 5) is 27.5. The van der Waals surface area contributed by atoms with Crippen molar-refractivity contribution in [2.24, 2.45) is 0 Å². The van der Waals surface area contributed by atoms with Gasteiger partial charge in [0.25, 0.3) is 0 Å². The number of nitrogens with zero attached hydrogens (tertiary/aromatic N) is 3. The normalized spacial score (nSPS) is 14.5. The van der Waals surface area contributed by atoms with Crippen LogP contribution < -0.4 is 5.32 Å². The lowest BCUT2D eigenvalue weighted by Crippen LogP contribution is -2.31. The van der Waals surface area contributed by atoms with Gasteiger partial charge in [-0.15, -0.1) is 0 Å². The monoisotopic (exact) mass is 475 g/mol. The van der Waals surface area contributed by atoms with Gasteiger partial charge < -0.3 is 19.9 Å². The van der Waals surface area contributed by atoms with E-state index in [-0.39, 0.29) is 11.8 Å². The molecule has 3 heterocycles. The Kier molecular flexibility index (Phi) is 6.90. The SMILES string of the molecule is COC(=O)c1ccc2c(c1)[nH]c1nc(Cc3cccc(F)c3)nc(NCCCN3CCCCC3)c12. The first-order valence-electron chi connectivity index (χ1n) is 12.2. The summed E-state index contributed by atoms with van der Waals surface area (Å²) < 4.78 is 18.6. The molecule has 0 amide bonds. The average molecular weight is 476 g/mol. The van der Waals surface area contributed by atoms with Crippen LogP contribution in [0.3, 0.4) is 0 Å². The van der Waals surface area contributed by atoms with Crippen LogP contribution in [0.5, 0.6) is 0 Å². The molecule has 7 nitrogen and oxygen atoms in total. The molecule has 8 heteroatoms. The zero-order chi connectivity index (χ0) is 24.2. The summed E-state index contributed by atoms with van der Waals surface area (Å²) >= 11 is 0. The third-order valence-corrected chi connectivity index (χ3v) is 6.56. The van der Waals surface area contributed by atoms with Gasteiger partial charge in [-0.25, -0.2) is 19.2 Å². The van der Waals surface area contributed by atoms with Crippen molar-refractivity contribution in [2.45, 2.75) is 32.1 Å². The largest absolute Gasteiger partial charge is 0.465 e. The Balaban J connectivity index is 1.45. The molecular formula is C27H30FN5O2.